The zero-order valence-electron chi connectivity index (χ0n) is 6.90. The van der Waals surface area contributed by atoms with Crippen LogP contribution in [0.3, 0.4) is 0 Å². The molecule has 12 heavy (non-hydrogen) atoms. The lowest BCUT2D eigenvalue weighted by Gasteiger charge is -2.05. The van der Waals surface area contributed by atoms with Crippen LogP contribution in [0, 0.1) is 11.6 Å². The van der Waals surface area contributed by atoms with E-state index in [1.807, 2.05) is 6.92 Å². The number of hydrogen-bond acceptors (Lipinski definition) is 1. The van der Waals surface area contributed by atoms with E-state index >= 15 is 0 Å². The van der Waals surface area contributed by atoms with Gasteiger partial charge in [0.25, 0.3) is 0 Å². The molecule has 0 fully saturated rings. The minimum Gasteiger partial charge on any atom is -0.383 e. The largest absolute Gasteiger partial charge is 0.383 e. The molecular formula is C9H11F2N. The zero-order valence-corrected chi connectivity index (χ0v) is 6.90. The Morgan fingerprint density at radius 3 is 2.75 bits per heavy atom. The average molecular weight is 171 g/mol. The molecule has 3 heteroatoms. The second-order valence-electron chi connectivity index (χ2n) is 2.53. The standard InChI is InChI=1S/C9H11F2N/c1-2-6-12-8-5-3-4-7(10)9(8)11/h3-5,12H,2,6H2,1H3. The van der Waals surface area contributed by atoms with E-state index in [0.717, 1.165) is 12.5 Å². The number of hydrogen-bond donors (Lipinski definition) is 1. The van der Waals surface area contributed by atoms with E-state index in [1.165, 1.54) is 12.1 Å². The highest BCUT2D eigenvalue weighted by atomic mass is 19.2. The molecule has 0 bridgehead atoms. The van der Waals surface area contributed by atoms with Gasteiger partial charge in [0.15, 0.2) is 11.6 Å². The second-order valence-corrected chi connectivity index (χ2v) is 2.53. The molecule has 1 N–H and O–H groups in total. The van der Waals surface area contributed by atoms with Crippen molar-refractivity contribution < 1.29 is 8.78 Å². The maximum atomic E-state index is 12.9. The molecule has 1 rings (SSSR count). The first-order valence-corrected chi connectivity index (χ1v) is 3.93. The fourth-order valence-corrected chi connectivity index (χ4v) is 0.900. The summed E-state index contributed by atoms with van der Waals surface area (Å²) >= 11 is 0. The Labute approximate surface area is 70.4 Å². The molecular weight excluding hydrogens is 160 g/mol. The first-order chi connectivity index (χ1) is 5.75. The Kier molecular flexibility index (Phi) is 3.02. The van der Waals surface area contributed by atoms with Crippen molar-refractivity contribution in [2.45, 2.75) is 13.3 Å². The van der Waals surface area contributed by atoms with E-state index in [-0.39, 0.29) is 5.69 Å². The molecule has 0 atom stereocenters. The smallest absolute Gasteiger partial charge is 0.181 e. The summed E-state index contributed by atoms with van der Waals surface area (Å²) in [6.45, 7) is 2.62. The van der Waals surface area contributed by atoms with Crippen molar-refractivity contribution in [1.82, 2.24) is 0 Å². The van der Waals surface area contributed by atoms with Crippen molar-refractivity contribution in [3.05, 3.63) is 29.8 Å². The predicted octanol–water partition coefficient (Wildman–Crippen LogP) is 2.79. The van der Waals surface area contributed by atoms with Crippen molar-refractivity contribution in [2.75, 3.05) is 11.9 Å². The van der Waals surface area contributed by atoms with Crippen LogP contribution in [-0.2, 0) is 0 Å². The quantitative estimate of drug-likeness (QED) is 0.737. The molecule has 1 nitrogen and oxygen atoms in total. The van der Waals surface area contributed by atoms with Crippen LogP contribution in [0.2, 0.25) is 0 Å². The van der Waals surface area contributed by atoms with Crippen molar-refractivity contribution in [1.29, 1.82) is 0 Å². The minimum absolute atomic E-state index is 0.233. The Bertz CT molecular complexity index is 261. The summed E-state index contributed by atoms with van der Waals surface area (Å²) in [7, 11) is 0. The van der Waals surface area contributed by atoms with Crippen LogP contribution in [0.5, 0.6) is 0 Å². The van der Waals surface area contributed by atoms with E-state index in [2.05, 4.69) is 5.32 Å². The number of rotatable bonds is 3. The van der Waals surface area contributed by atoms with Crippen LogP contribution in [0.1, 0.15) is 13.3 Å². The van der Waals surface area contributed by atoms with Gasteiger partial charge in [-0.25, -0.2) is 8.78 Å². The van der Waals surface area contributed by atoms with Gasteiger partial charge in [0, 0.05) is 6.54 Å². The normalized spacial score (nSPS) is 9.92. The van der Waals surface area contributed by atoms with Crippen molar-refractivity contribution in [3.8, 4) is 0 Å². The maximum absolute atomic E-state index is 12.9. The Morgan fingerprint density at radius 1 is 1.33 bits per heavy atom. The summed E-state index contributed by atoms with van der Waals surface area (Å²) < 4.78 is 25.5. The first-order valence-electron chi connectivity index (χ1n) is 3.93. The third kappa shape index (κ3) is 1.94. The molecule has 1 aromatic carbocycles. The van der Waals surface area contributed by atoms with E-state index in [4.69, 9.17) is 0 Å². The van der Waals surface area contributed by atoms with Crippen LogP contribution >= 0.6 is 0 Å². The molecule has 0 unspecified atom stereocenters. The van der Waals surface area contributed by atoms with Gasteiger partial charge in [-0.2, -0.15) is 0 Å². The predicted molar refractivity (Wildman–Crippen MR) is 45.1 cm³/mol. The molecule has 0 saturated carbocycles. The van der Waals surface area contributed by atoms with Crippen molar-refractivity contribution in [2.24, 2.45) is 0 Å². The number of nitrogens with one attached hydrogen (secondary N) is 1. The summed E-state index contributed by atoms with van der Waals surface area (Å²) in [5.74, 6) is -1.61. The lowest BCUT2D eigenvalue weighted by atomic mass is 10.3. The zero-order chi connectivity index (χ0) is 8.97. The van der Waals surface area contributed by atoms with E-state index in [0.29, 0.717) is 6.54 Å². The molecule has 0 saturated heterocycles. The van der Waals surface area contributed by atoms with Gasteiger partial charge in [-0.3, -0.25) is 0 Å². The number of anilines is 1. The molecule has 0 aromatic heterocycles. The second kappa shape index (κ2) is 4.04. The summed E-state index contributed by atoms with van der Waals surface area (Å²) in [4.78, 5) is 0. The van der Waals surface area contributed by atoms with Gasteiger partial charge < -0.3 is 5.32 Å². The summed E-state index contributed by atoms with van der Waals surface area (Å²) in [6, 6.07) is 4.11. The fraction of sp³-hybridized carbons (Fsp3) is 0.333. The molecule has 66 valence electrons. The topological polar surface area (TPSA) is 12.0 Å². The van der Waals surface area contributed by atoms with Crippen molar-refractivity contribution >= 4 is 5.69 Å². The van der Waals surface area contributed by atoms with Crippen LogP contribution in [0.4, 0.5) is 14.5 Å². The molecule has 0 aliphatic heterocycles. The highest BCUT2D eigenvalue weighted by Gasteiger charge is 2.05. The van der Waals surface area contributed by atoms with Crippen molar-refractivity contribution in [3.63, 3.8) is 0 Å². The van der Waals surface area contributed by atoms with Gasteiger partial charge in [-0.1, -0.05) is 13.0 Å². The Balaban J connectivity index is 2.78. The lowest BCUT2D eigenvalue weighted by Crippen LogP contribution is -2.02. The Morgan fingerprint density at radius 2 is 2.08 bits per heavy atom. The highest BCUT2D eigenvalue weighted by Crippen LogP contribution is 2.15. The highest BCUT2D eigenvalue weighted by molar-refractivity contribution is 5.44. The van der Waals surface area contributed by atoms with Crippen LogP contribution in [0.25, 0.3) is 0 Å². The minimum atomic E-state index is -0.809. The van der Waals surface area contributed by atoms with Gasteiger partial charge in [0.2, 0.25) is 0 Å². The summed E-state index contributed by atoms with van der Waals surface area (Å²) in [6.07, 6.45) is 0.885. The van der Waals surface area contributed by atoms with Gasteiger partial charge in [0.05, 0.1) is 5.69 Å². The molecule has 0 aliphatic carbocycles. The van der Waals surface area contributed by atoms with Gasteiger partial charge >= 0.3 is 0 Å². The third-order valence-electron chi connectivity index (χ3n) is 1.52. The van der Waals surface area contributed by atoms with Crippen LogP contribution in [0.15, 0.2) is 18.2 Å². The molecule has 0 heterocycles. The SMILES string of the molecule is CCCNc1cccc(F)c1F. The summed E-state index contributed by atoms with van der Waals surface area (Å²) in [5, 5.41) is 2.79. The van der Waals surface area contributed by atoms with Gasteiger partial charge in [0.1, 0.15) is 0 Å². The monoisotopic (exact) mass is 171 g/mol. The van der Waals surface area contributed by atoms with E-state index < -0.39 is 11.6 Å². The average Bonchev–Trinajstić information content (AvgIpc) is 2.08. The molecule has 0 amide bonds. The van der Waals surface area contributed by atoms with E-state index in [9.17, 15) is 8.78 Å². The van der Waals surface area contributed by atoms with Gasteiger partial charge in [-0.05, 0) is 18.6 Å². The molecule has 0 spiro atoms. The molecule has 0 aliphatic rings. The van der Waals surface area contributed by atoms with Crippen LogP contribution < -0.4 is 5.32 Å². The van der Waals surface area contributed by atoms with Crippen LogP contribution in [-0.4, -0.2) is 6.54 Å². The fourth-order valence-electron chi connectivity index (χ4n) is 0.900. The number of benzene rings is 1. The Hall–Kier alpha value is -1.12. The number of halogens is 2. The molecule has 0 radical (unpaired) electrons. The first kappa shape index (κ1) is 8.97. The van der Waals surface area contributed by atoms with E-state index in [1.54, 1.807) is 0 Å². The molecule has 1 aromatic rings. The summed E-state index contributed by atoms with van der Waals surface area (Å²) in [5.41, 5.74) is 0.233. The third-order valence-corrected chi connectivity index (χ3v) is 1.52. The lowest BCUT2D eigenvalue weighted by molar-refractivity contribution is 0.511. The maximum Gasteiger partial charge on any atom is 0.181 e. The van der Waals surface area contributed by atoms with Gasteiger partial charge in [-0.15, -0.1) is 0 Å².